The van der Waals surface area contributed by atoms with Gasteiger partial charge in [0.25, 0.3) is 5.91 Å². The average molecular weight is 338 g/mol. The van der Waals surface area contributed by atoms with Gasteiger partial charge in [0.05, 0.1) is 5.56 Å². The van der Waals surface area contributed by atoms with Crippen molar-refractivity contribution in [2.75, 3.05) is 10.6 Å². The van der Waals surface area contributed by atoms with Gasteiger partial charge in [-0.05, 0) is 37.6 Å². The summed E-state index contributed by atoms with van der Waals surface area (Å²) in [5, 5.41) is 5.69. The van der Waals surface area contributed by atoms with Gasteiger partial charge in [0, 0.05) is 29.8 Å². The molecule has 0 bridgehead atoms. The first-order valence-corrected chi connectivity index (χ1v) is 8.36. The summed E-state index contributed by atoms with van der Waals surface area (Å²) in [6.07, 6.45) is 0.0498. The molecule has 0 spiro atoms. The fourth-order valence-electron chi connectivity index (χ4n) is 3.05. The van der Waals surface area contributed by atoms with E-state index in [9.17, 15) is 9.59 Å². The molecule has 2 amide bonds. The number of amides is 2. The molecule has 2 atom stereocenters. The van der Waals surface area contributed by atoms with Crippen LogP contribution in [0.3, 0.4) is 0 Å². The largest absolute Gasteiger partial charge is 0.489 e. The van der Waals surface area contributed by atoms with E-state index in [1.807, 2.05) is 32.0 Å². The zero-order chi connectivity index (χ0) is 18.1. The van der Waals surface area contributed by atoms with E-state index in [-0.39, 0.29) is 23.8 Å². The van der Waals surface area contributed by atoms with Crippen LogP contribution >= 0.6 is 0 Å². The van der Waals surface area contributed by atoms with Crippen LogP contribution in [0.15, 0.2) is 36.4 Å². The molecule has 0 saturated carbocycles. The molecule has 5 nitrogen and oxygen atoms in total. The van der Waals surface area contributed by atoms with E-state index in [1.54, 1.807) is 18.2 Å². The third-order valence-electron chi connectivity index (χ3n) is 4.68. The number of nitrogens with one attached hydrogen (secondary N) is 2. The second kappa shape index (κ2) is 6.59. The standard InChI is InChI=1S/C20H22N2O3/c1-11-13(3)25-19-15(11)7-5-8-16(19)20(24)22-18-10-6-9-17(12(18)2)21-14(4)23/h5-11,13H,1-4H3,(H,21,23)(H,22,24). The molecule has 2 unspecified atom stereocenters. The number of carbonyl (C=O) groups excluding carboxylic acids is 2. The number of benzene rings is 2. The highest BCUT2D eigenvalue weighted by molar-refractivity contribution is 6.07. The first kappa shape index (κ1) is 17.0. The molecule has 0 aliphatic carbocycles. The molecule has 0 radical (unpaired) electrons. The van der Waals surface area contributed by atoms with Gasteiger partial charge in [0.2, 0.25) is 5.91 Å². The van der Waals surface area contributed by atoms with Gasteiger partial charge in [-0.2, -0.15) is 0 Å². The molecule has 2 aromatic rings. The van der Waals surface area contributed by atoms with Crippen molar-refractivity contribution >= 4 is 23.2 Å². The molecule has 2 N–H and O–H groups in total. The lowest BCUT2D eigenvalue weighted by Crippen LogP contribution is -2.16. The van der Waals surface area contributed by atoms with Crippen molar-refractivity contribution in [1.29, 1.82) is 0 Å². The highest BCUT2D eigenvalue weighted by Gasteiger charge is 2.31. The molecule has 2 aromatic carbocycles. The van der Waals surface area contributed by atoms with Crippen molar-refractivity contribution in [1.82, 2.24) is 0 Å². The second-order valence-corrected chi connectivity index (χ2v) is 6.45. The minimum atomic E-state index is -0.221. The topological polar surface area (TPSA) is 67.4 Å². The van der Waals surface area contributed by atoms with Gasteiger partial charge < -0.3 is 15.4 Å². The summed E-state index contributed by atoms with van der Waals surface area (Å²) in [5.41, 5.74) is 3.73. The van der Waals surface area contributed by atoms with Gasteiger partial charge in [-0.3, -0.25) is 9.59 Å². The number of rotatable bonds is 3. The van der Waals surface area contributed by atoms with E-state index < -0.39 is 0 Å². The van der Waals surface area contributed by atoms with E-state index in [1.165, 1.54) is 6.92 Å². The number of fused-ring (bicyclic) bond motifs is 1. The van der Waals surface area contributed by atoms with Gasteiger partial charge >= 0.3 is 0 Å². The predicted octanol–water partition coefficient (Wildman–Crippen LogP) is 4.09. The lowest BCUT2D eigenvalue weighted by atomic mass is 9.97. The molecule has 25 heavy (non-hydrogen) atoms. The summed E-state index contributed by atoms with van der Waals surface area (Å²) in [7, 11) is 0. The lowest BCUT2D eigenvalue weighted by molar-refractivity contribution is -0.114. The SMILES string of the molecule is CC(=O)Nc1cccc(NC(=O)c2cccc3c2OC(C)C3C)c1C. The Kier molecular flexibility index (Phi) is 4.49. The average Bonchev–Trinajstić information content (AvgIpc) is 2.85. The first-order valence-electron chi connectivity index (χ1n) is 8.36. The minimum Gasteiger partial charge on any atom is -0.489 e. The normalized spacial score (nSPS) is 18.2. The number of anilines is 2. The smallest absolute Gasteiger partial charge is 0.259 e. The number of hydrogen-bond acceptors (Lipinski definition) is 3. The fourth-order valence-corrected chi connectivity index (χ4v) is 3.05. The van der Waals surface area contributed by atoms with Crippen LogP contribution in [-0.2, 0) is 4.79 Å². The highest BCUT2D eigenvalue weighted by atomic mass is 16.5. The van der Waals surface area contributed by atoms with Crippen molar-refractivity contribution in [3.63, 3.8) is 0 Å². The van der Waals surface area contributed by atoms with Gasteiger partial charge in [-0.15, -0.1) is 0 Å². The molecule has 3 rings (SSSR count). The van der Waals surface area contributed by atoms with E-state index in [2.05, 4.69) is 17.6 Å². The zero-order valence-electron chi connectivity index (χ0n) is 14.8. The molecule has 0 fully saturated rings. The Morgan fingerprint density at radius 3 is 2.32 bits per heavy atom. The predicted molar refractivity (Wildman–Crippen MR) is 98.4 cm³/mol. The van der Waals surface area contributed by atoms with Crippen molar-refractivity contribution < 1.29 is 14.3 Å². The van der Waals surface area contributed by atoms with Gasteiger partial charge in [-0.25, -0.2) is 0 Å². The van der Waals surface area contributed by atoms with E-state index >= 15 is 0 Å². The monoisotopic (exact) mass is 338 g/mol. The van der Waals surface area contributed by atoms with Crippen LogP contribution in [0, 0.1) is 6.92 Å². The van der Waals surface area contributed by atoms with Crippen LogP contribution in [0.4, 0.5) is 11.4 Å². The van der Waals surface area contributed by atoms with E-state index in [4.69, 9.17) is 4.74 Å². The zero-order valence-corrected chi connectivity index (χ0v) is 14.8. The lowest BCUT2D eigenvalue weighted by Gasteiger charge is -2.14. The van der Waals surface area contributed by atoms with Crippen LogP contribution in [0.2, 0.25) is 0 Å². The molecule has 5 heteroatoms. The molecule has 1 aliphatic heterocycles. The number of carbonyl (C=O) groups is 2. The first-order chi connectivity index (χ1) is 11.9. The summed E-state index contributed by atoms with van der Waals surface area (Å²) in [4.78, 5) is 24.1. The molecule has 1 heterocycles. The van der Waals surface area contributed by atoms with Crippen molar-refractivity contribution in [3.05, 3.63) is 53.1 Å². The van der Waals surface area contributed by atoms with Gasteiger partial charge in [-0.1, -0.05) is 25.1 Å². The third-order valence-corrected chi connectivity index (χ3v) is 4.68. The molecule has 130 valence electrons. The second-order valence-electron chi connectivity index (χ2n) is 6.45. The molecular formula is C20H22N2O3. The Bertz CT molecular complexity index is 845. The molecule has 1 aliphatic rings. The van der Waals surface area contributed by atoms with Crippen LogP contribution in [0.5, 0.6) is 5.75 Å². The maximum absolute atomic E-state index is 12.8. The van der Waals surface area contributed by atoms with Crippen molar-refractivity contribution in [2.45, 2.75) is 39.7 Å². The molecular weight excluding hydrogens is 316 g/mol. The Labute approximate surface area is 147 Å². The van der Waals surface area contributed by atoms with Crippen LogP contribution in [-0.4, -0.2) is 17.9 Å². The Balaban J connectivity index is 1.89. The van der Waals surface area contributed by atoms with Crippen molar-refractivity contribution in [2.24, 2.45) is 0 Å². The van der Waals surface area contributed by atoms with Crippen LogP contribution in [0.25, 0.3) is 0 Å². The maximum atomic E-state index is 12.8. The van der Waals surface area contributed by atoms with Crippen LogP contribution < -0.4 is 15.4 Å². The minimum absolute atomic E-state index is 0.0498. The third kappa shape index (κ3) is 3.22. The Morgan fingerprint density at radius 1 is 1.00 bits per heavy atom. The Morgan fingerprint density at radius 2 is 1.64 bits per heavy atom. The molecule has 0 aromatic heterocycles. The fraction of sp³-hybridized carbons (Fsp3) is 0.300. The van der Waals surface area contributed by atoms with Gasteiger partial charge in [0.1, 0.15) is 11.9 Å². The summed E-state index contributed by atoms with van der Waals surface area (Å²) >= 11 is 0. The number of hydrogen-bond donors (Lipinski definition) is 2. The maximum Gasteiger partial charge on any atom is 0.259 e. The van der Waals surface area contributed by atoms with E-state index in [0.29, 0.717) is 22.7 Å². The van der Waals surface area contributed by atoms with Crippen LogP contribution in [0.1, 0.15) is 48.2 Å². The molecule has 0 saturated heterocycles. The van der Waals surface area contributed by atoms with Crippen molar-refractivity contribution in [3.8, 4) is 5.75 Å². The number of para-hydroxylation sites is 1. The summed E-state index contributed by atoms with van der Waals surface area (Å²) in [6.45, 7) is 7.42. The summed E-state index contributed by atoms with van der Waals surface area (Å²) in [5.74, 6) is 0.549. The quantitative estimate of drug-likeness (QED) is 0.886. The highest BCUT2D eigenvalue weighted by Crippen LogP contribution is 2.40. The summed E-state index contributed by atoms with van der Waals surface area (Å²) in [6, 6.07) is 11.1. The van der Waals surface area contributed by atoms with Gasteiger partial charge in [0.15, 0.2) is 0 Å². The number of ether oxygens (including phenoxy) is 1. The Hall–Kier alpha value is -2.82. The van der Waals surface area contributed by atoms with E-state index in [0.717, 1.165) is 11.1 Å². The summed E-state index contributed by atoms with van der Waals surface area (Å²) < 4.78 is 5.90.